The Kier molecular flexibility index (Phi) is 5.00. The minimum atomic E-state index is -3.27. The molecule has 0 amide bonds. The number of nitrogens with zero attached hydrogens (tertiary/aromatic N) is 1. The van der Waals surface area contributed by atoms with Gasteiger partial charge >= 0.3 is 0 Å². The molecule has 2 atom stereocenters. The lowest BCUT2D eigenvalue weighted by Crippen LogP contribution is -2.50. The molecule has 1 saturated heterocycles. The summed E-state index contributed by atoms with van der Waals surface area (Å²) in [6.45, 7) is 6.51. The van der Waals surface area contributed by atoms with Crippen molar-refractivity contribution in [3.05, 3.63) is 17.5 Å². The molecule has 1 aliphatic rings. The minimum absolute atomic E-state index is 0.357. The topological polar surface area (TPSA) is 49.4 Å². The minimum Gasteiger partial charge on any atom is -0.314 e. The van der Waals surface area contributed by atoms with Crippen molar-refractivity contribution in [2.24, 2.45) is 5.92 Å². The van der Waals surface area contributed by atoms with Gasteiger partial charge in [-0.25, -0.2) is 8.42 Å². The summed E-state index contributed by atoms with van der Waals surface area (Å²) >= 11 is 1.29. The number of thiophene rings is 1. The Labute approximate surface area is 119 Å². The van der Waals surface area contributed by atoms with Gasteiger partial charge in [-0.15, -0.1) is 11.3 Å². The SMILES string of the molecule is CCCNC1CCN(S(=O)(=O)c2cccs2)CC1C. The van der Waals surface area contributed by atoms with E-state index in [1.54, 1.807) is 16.4 Å². The lowest BCUT2D eigenvalue weighted by atomic mass is 9.95. The summed E-state index contributed by atoms with van der Waals surface area (Å²) in [4.78, 5) is 0. The maximum absolute atomic E-state index is 12.4. The molecule has 1 aromatic rings. The monoisotopic (exact) mass is 302 g/mol. The van der Waals surface area contributed by atoms with Gasteiger partial charge in [0.25, 0.3) is 10.0 Å². The molecule has 0 saturated carbocycles. The molecule has 1 aliphatic heterocycles. The number of hydrogen-bond acceptors (Lipinski definition) is 4. The highest BCUT2D eigenvalue weighted by atomic mass is 32.2. The summed E-state index contributed by atoms with van der Waals surface area (Å²) in [7, 11) is -3.27. The van der Waals surface area contributed by atoms with Crippen LogP contribution in [-0.2, 0) is 10.0 Å². The fraction of sp³-hybridized carbons (Fsp3) is 0.692. The van der Waals surface area contributed by atoms with E-state index >= 15 is 0 Å². The molecule has 0 spiro atoms. The predicted octanol–water partition coefficient (Wildman–Crippen LogP) is 2.15. The Morgan fingerprint density at radius 1 is 1.53 bits per heavy atom. The number of piperidine rings is 1. The summed E-state index contributed by atoms with van der Waals surface area (Å²) < 4.78 is 27.0. The summed E-state index contributed by atoms with van der Waals surface area (Å²) in [5.74, 6) is 0.357. The Balaban J connectivity index is 2.02. The van der Waals surface area contributed by atoms with Crippen LogP contribution >= 0.6 is 11.3 Å². The van der Waals surface area contributed by atoms with Gasteiger partial charge in [-0.05, 0) is 36.8 Å². The van der Waals surface area contributed by atoms with Crippen molar-refractivity contribution in [1.29, 1.82) is 0 Å². The highest BCUT2D eigenvalue weighted by Crippen LogP contribution is 2.26. The normalized spacial score (nSPS) is 25.6. The van der Waals surface area contributed by atoms with Gasteiger partial charge in [0.15, 0.2) is 0 Å². The van der Waals surface area contributed by atoms with Crippen LogP contribution in [0.25, 0.3) is 0 Å². The molecule has 0 aromatic carbocycles. The van der Waals surface area contributed by atoms with Gasteiger partial charge in [-0.1, -0.05) is 19.9 Å². The molecule has 6 heteroatoms. The smallest absolute Gasteiger partial charge is 0.252 e. The van der Waals surface area contributed by atoms with Crippen LogP contribution in [-0.4, -0.2) is 38.4 Å². The van der Waals surface area contributed by atoms with Gasteiger partial charge in [-0.3, -0.25) is 0 Å². The van der Waals surface area contributed by atoms with E-state index < -0.39 is 10.0 Å². The van der Waals surface area contributed by atoms with E-state index in [0.29, 0.717) is 29.3 Å². The zero-order valence-electron chi connectivity index (χ0n) is 11.5. The predicted molar refractivity (Wildman–Crippen MR) is 78.9 cm³/mol. The molecule has 2 unspecified atom stereocenters. The Morgan fingerprint density at radius 3 is 2.89 bits per heavy atom. The van der Waals surface area contributed by atoms with Crippen LogP contribution in [0.4, 0.5) is 0 Å². The van der Waals surface area contributed by atoms with Gasteiger partial charge in [0.2, 0.25) is 0 Å². The second kappa shape index (κ2) is 6.35. The number of sulfonamides is 1. The largest absolute Gasteiger partial charge is 0.314 e. The lowest BCUT2D eigenvalue weighted by molar-refractivity contribution is 0.221. The fourth-order valence-electron chi connectivity index (χ4n) is 2.50. The highest BCUT2D eigenvalue weighted by molar-refractivity contribution is 7.91. The molecule has 4 nitrogen and oxygen atoms in total. The number of rotatable bonds is 5. The maximum Gasteiger partial charge on any atom is 0.252 e. The van der Waals surface area contributed by atoms with E-state index in [0.717, 1.165) is 19.4 Å². The van der Waals surface area contributed by atoms with Crippen LogP contribution < -0.4 is 5.32 Å². The maximum atomic E-state index is 12.4. The van der Waals surface area contributed by atoms with Crippen molar-refractivity contribution in [3.63, 3.8) is 0 Å². The molecular weight excluding hydrogens is 280 g/mol. The lowest BCUT2D eigenvalue weighted by Gasteiger charge is -2.36. The van der Waals surface area contributed by atoms with Crippen molar-refractivity contribution in [3.8, 4) is 0 Å². The molecule has 1 fully saturated rings. The van der Waals surface area contributed by atoms with Crippen LogP contribution in [0.15, 0.2) is 21.7 Å². The van der Waals surface area contributed by atoms with E-state index in [2.05, 4.69) is 19.2 Å². The molecule has 0 aliphatic carbocycles. The average Bonchev–Trinajstić information content (AvgIpc) is 2.91. The first-order valence-electron chi connectivity index (χ1n) is 6.82. The fourth-order valence-corrected chi connectivity index (χ4v) is 5.20. The van der Waals surface area contributed by atoms with Crippen molar-refractivity contribution in [2.75, 3.05) is 19.6 Å². The zero-order valence-corrected chi connectivity index (χ0v) is 13.1. The van der Waals surface area contributed by atoms with Crippen molar-refractivity contribution >= 4 is 21.4 Å². The average molecular weight is 302 g/mol. The number of hydrogen-bond donors (Lipinski definition) is 1. The van der Waals surface area contributed by atoms with E-state index in [-0.39, 0.29) is 0 Å². The van der Waals surface area contributed by atoms with E-state index in [1.807, 2.05) is 5.38 Å². The molecular formula is C13H22N2O2S2. The summed E-state index contributed by atoms with van der Waals surface area (Å²) in [6.07, 6.45) is 2.01. The third-order valence-electron chi connectivity index (χ3n) is 3.61. The second-order valence-corrected chi connectivity index (χ2v) is 8.23. The van der Waals surface area contributed by atoms with Crippen molar-refractivity contribution in [2.45, 2.75) is 36.9 Å². The van der Waals surface area contributed by atoms with E-state index in [1.165, 1.54) is 11.3 Å². The van der Waals surface area contributed by atoms with Crippen LogP contribution in [0.1, 0.15) is 26.7 Å². The first-order chi connectivity index (χ1) is 9.05. The Morgan fingerprint density at radius 2 is 2.32 bits per heavy atom. The second-order valence-electron chi connectivity index (χ2n) is 5.12. The first-order valence-corrected chi connectivity index (χ1v) is 9.14. The third kappa shape index (κ3) is 3.37. The standard InChI is InChI=1S/C13H22N2O2S2/c1-3-7-14-12-6-8-15(10-11(12)2)19(16,17)13-5-4-9-18-13/h4-5,9,11-12,14H,3,6-8,10H2,1-2H3. The van der Waals surface area contributed by atoms with Crippen LogP contribution in [0, 0.1) is 5.92 Å². The number of nitrogens with one attached hydrogen (secondary N) is 1. The molecule has 2 rings (SSSR count). The Hall–Kier alpha value is -0.430. The quantitative estimate of drug-likeness (QED) is 0.906. The molecule has 0 radical (unpaired) electrons. The van der Waals surface area contributed by atoms with E-state index in [4.69, 9.17) is 0 Å². The summed E-state index contributed by atoms with van der Waals surface area (Å²) in [5, 5.41) is 5.32. The zero-order chi connectivity index (χ0) is 13.9. The molecule has 2 heterocycles. The van der Waals surface area contributed by atoms with E-state index in [9.17, 15) is 8.42 Å². The van der Waals surface area contributed by atoms with Crippen LogP contribution in [0.3, 0.4) is 0 Å². The van der Waals surface area contributed by atoms with Crippen molar-refractivity contribution < 1.29 is 8.42 Å². The molecule has 108 valence electrons. The molecule has 1 aromatic heterocycles. The van der Waals surface area contributed by atoms with Crippen LogP contribution in [0.5, 0.6) is 0 Å². The first kappa shape index (κ1) is 15.0. The van der Waals surface area contributed by atoms with Gasteiger partial charge in [0, 0.05) is 19.1 Å². The van der Waals surface area contributed by atoms with Gasteiger partial charge in [0.1, 0.15) is 4.21 Å². The third-order valence-corrected chi connectivity index (χ3v) is 6.85. The Bertz CT molecular complexity index is 485. The van der Waals surface area contributed by atoms with Gasteiger partial charge in [0.05, 0.1) is 0 Å². The van der Waals surface area contributed by atoms with Crippen molar-refractivity contribution in [1.82, 2.24) is 9.62 Å². The van der Waals surface area contributed by atoms with Gasteiger partial charge < -0.3 is 5.32 Å². The highest BCUT2D eigenvalue weighted by Gasteiger charge is 2.33. The summed E-state index contributed by atoms with van der Waals surface area (Å²) in [5.41, 5.74) is 0. The van der Waals surface area contributed by atoms with Gasteiger partial charge in [-0.2, -0.15) is 4.31 Å². The van der Waals surface area contributed by atoms with Crippen LogP contribution in [0.2, 0.25) is 0 Å². The molecule has 0 bridgehead atoms. The molecule has 19 heavy (non-hydrogen) atoms. The summed E-state index contributed by atoms with van der Waals surface area (Å²) in [6, 6.07) is 3.91. The molecule has 1 N–H and O–H groups in total.